The SMILES string of the molecule is Nc1cc(-c2ccccc2N2CCNC(=O)C2=O)on1. The first-order valence-corrected chi connectivity index (χ1v) is 6.08. The fraction of sp³-hybridized carbons (Fsp3) is 0.154. The minimum absolute atomic E-state index is 0.262. The van der Waals surface area contributed by atoms with Gasteiger partial charge in [0.25, 0.3) is 0 Å². The van der Waals surface area contributed by atoms with Crippen LogP contribution in [0.3, 0.4) is 0 Å². The smallest absolute Gasteiger partial charge is 0.316 e. The standard InChI is InChI=1S/C13H12N4O3/c14-11-7-10(20-16-11)8-3-1-2-4-9(8)17-6-5-15-12(18)13(17)19/h1-4,7H,5-6H2,(H2,14,16)(H,15,18). The van der Waals surface area contributed by atoms with E-state index in [1.165, 1.54) is 4.90 Å². The second-order valence-corrected chi connectivity index (χ2v) is 4.35. The van der Waals surface area contributed by atoms with E-state index in [1.54, 1.807) is 24.3 Å². The number of nitrogen functional groups attached to an aromatic ring is 1. The lowest BCUT2D eigenvalue weighted by Gasteiger charge is -2.27. The van der Waals surface area contributed by atoms with Crippen molar-refractivity contribution < 1.29 is 14.1 Å². The number of aromatic nitrogens is 1. The van der Waals surface area contributed by atoms with Crippen molar-refractivity contribution in [3.8, 4) is 11.3 Å². The third-order valence-corrected chi connectivity index (χ3v) is 3.05. The van der Waals surface area contributed by atoms with Crippen LogP contribution in [0, 0.1) is 0 Å². The summed E-state index contributed by atoms with van der Waals surface area (Å²) in [6.45, 7) is 0.822. The van der Waals surface area contributed by atoms with Gasteiger partial charge in [-0.2, -0.15) is 0 Å². The predicted molar refractivity (Wildman–Crippen MR) is 71.7 cm³/mol. The van der Waals surface area contributed by atoms with E-state index in [-0.39, 0.29) is 5.82 Å². The van der Waals surface area contributed by atoms with E-state index < -0.39 is 11.8 Å². The molecular weight excluding hydrogens is 260 g/mol. The Kier molecular flexibility index (Phi) is 2.86. The zero-order valence-corrected chi connectivity index (χ0v) is 10.5. The molecule has 1 fully saturated rings. The number of carbonyl (C=O) groups excluding carboxylic acids is 2. The van der Waals surface area contributed by atoms with Gasteiger partial charge in [-0.1, -0.05) is 17.3 Å². The van der Waals surface area contributed by atoms with Crippen LogP contribution in [0.25, 0.3) is 11.3 Å². The normalized spacial score (nSPS) is 15.3. The molecule has 7 heteroatoms. The number of para-hydroxylation sites is 1. The molecule has 1 aliphatic heterocycles. The van der Waals surface area contributed by atoms with Crippen molar-refractivity contribution in [2.75, 3.05) is 23.7 Å². The molecule has 0 radical (unpaired) electrons. The monoisotopic (exact) mass is 272 g/mol. The quantitative estimate of drug-likeness (QED) is 0.770. The lowest BCUT2D eigenvalue weighted by molar-refractivity contribution is -0.138. The molecule has 0 bridgehead atoms. The van der Waals surface area contributed by atoms with Crippen molar-refractivity contribution >= 4 is 23.3 Å². The Balaban J connectivity index is 2.06. The Labute approximate surface area is 114 Å². The second-order valence-electron chi connectivity index (χ2n) is 4.35. The van der Waals surface area contributed by atoms with Gasteiger partial charge in [-0.25, -0.2) is 0 Å². The maximum absolute atomic E-state index is 12.0. The van der Waals surface area contributed by atoms with E-state index in [4.69, 9.17) is 10.3 Å². The average molecular weight is 272 g/mol. The van der Waals surface area contributed by atoms with Gasteiger partial charge < -0.3 is 20.5 Å². The molecule has 1 aromatic heterocycles. The third kappa shape index (κ3) is 1.99. The van der Waals surface area contributed by atoms with Gasteiger partial charge in [0, 0.05) is 24.7 Å². The predicted octanol–water partition coefficient (Wildman–Crippen LogP) is 0.387. The summed E-state index contributed by atoms with van der Waals surface area (Å²) in [5.74, 6) is -0.478. The lowest BCUT2D eigenvalue weighted by Crippen LogP contribution is -2.52. The van der Waals surface area contributed by atoms with E-state index in [0.717, 1.165) is 0 Å². The molecule has 1 aromatic carbocycles. The Bertz CT molecular complexity index is 680. The number of amides is 2. The molecule has 0 spiro atoms. The van der Waals surface area contributed by atoms with E-state index >= 15 is 0 Å². The highest BCUT2D eigenvalue weighted by atomic mass is 16.5. The molecule has 0 aliphatic carbocycles. The minimum atomic E-state index is -0.608. The number of benzene rings is 1. The van der Waals surface area contributed by atoms with Gasteiger partial charge in [0.05, 0.1) is 5.69 Å². The summed E-state index contributed by atoms with van der Waals surface area (Å²) in [4.78, 5) is 24.9. The highest BCUT2D eigenvalue weighted by Crippen LogP contribution is 2.32. The summed E-state index contributed by atoms with van der Waals surface area (Å²) < 4.78 is 5.13. The largest absolute Gasteiger partial charge is 0.381 e. The number of hydrogen-bond donors (Lipinski definition) is 2. The molecular formula is C13H12N4O3. The topological polar surface area (TPSA) is 101 Å². The van der Waals surface area contributed by atoms with Gasteiger partial charge >= 0.3 is 11.8 Å². The molecule has 102 valence electrons. The summed E-state index contributed by atoms with van der Waals surface area (Å²) in [7, 11) is 0. The highest BCUT2D eigenvalue weighted by molar-refractivity contribution is 6.41. The summed E-state index contributed by atoms with van der Waals surface area (Å²) in [6.07, 6.45) is 0. The van der Waals surface area contributed by atoms with E-state index in [1.807, 2.05) is 6.07 Å². The maximum Gasteiger partial charge on any atom is 0.316 e. The first-order valence-electron chi connectivity index (χ1n) is 6.08. The number of carbonyl (C=O) groups is 2. The van der Waals surface area contributed by atoms with E-state index in [0.29, 0.717) is 30.1 Å². The first kappa shape index (κ1) is 12.2. The number of nitrogens with zero attached hydrogens (tertiary/aromatic N) is 2. The van der Waals surface area contributed by atoms with Crippen LogP contribution in [0.5, 0.6) is 0 Å². The van der Waals surface area contributed by atoms with E-state index in [9.17, 15) is 9.59 Å². The molecule has 1 saturated heterocycles. The molecule has 20 heavy (non-hydrogen) atoms. The Hall–Kier alpha value is -2.83. The molecule has 3 rings (SSSR count). The van der Waals surface area contributed by atoms with Gasteiger partial charge in [-0.3, -0.25) is 9.59 Å². The third-order valence-electron chi connectivity index (χ3n) is 3.05. The summed E-state index contributed by atoms with van der Waals surface area (Å²) in [6, 6.07) is 8.72. The van der Waals surface area contributed by atoms with Gasteiger partial charge in [-0.05, 0) is 12.1 Å². The summed E-state index contributed by atoms with van der Waals surface area (Å²) >= 11 is 0. The maximum atomic E-state index is 12.0. The summed E-state index contributed by atoms with van der Waals surface area (Å²) in [5.41, 5.74) is 6.81. The Morgan fingerprint density at radius 1 is 1.30 bits per heavy atom. The van der Waals surface area contributed by atoms with Crippen molar-refractivity contribution in [2.24, 2.45) is 0 Å². The van der Waals surface area contributed by atoms with Gasteiger partial charge in [0.2, 0.25) is 0 Å². The second kappa shape index (κ2) is 4.69. The van der Waals surface area contributed by atoms with Crippen LogP contribution in [0.15, 0.2) is 34.9 Å². The van der Waals surface area contributed by atoms with Crippen LogP contribution in [-0.4, -0.2) is 30.1 Å². The first-order chi connectivity index (χ1) is 9.66. The number of hydrogen-bond acceptors (Lipinski definition) is 5. The van der Waals surface area contributed by atoms with Crippen LogP contribution in [0.1, 0.15) is 0 Å². The van der Waals surface area contributed by atoms with Crippen molar-refractivity contribution in [2.45, 2.75) is 0 Å². The van der Waals surface area contributed by atoms with Crippen LogP contribution in [0.2, 0.25) is 0 Å². The molecule has 0 saturated carbocycles. The van der Waals surface area contributed by atoms with Crippen LogP contribution in [0.4, 0.5) is 11.5 Å². The number of nitrogens with one attached hydrogen (secondary N) is 1. The van der Waals surface area contributed by atoms with Crippen LogP contribution >= 0.6 is 0 Å². The van der Waals surface area contributed by atoms with Crippen molar-refractivity contribution in [3.63, 3.8) is 0 Å². The number of rotatable bonds is 2. The molecule has 0 unspecified atom stereocenters. The van der Waals surface area contributed by atoms with Gasteiger partial charge in [0.1, 0.15) is 0 Å². The molecule has 3 N–H and O–H groups in total. The Morgan fingerprint density at radius 3 is 2.85 bits per heavy atom. The fourth-order valence-electron chi connectivity index (χ4n) is 2.14. The molecule has 1 aliphatic rings. The van der Waals surface area contributed by atoms with Gasteiger partial charge in [-0.15, -0.1) is 0 Å². The summed E-state index contributed by atoms with van der Waals surface area (Å²) in [5, 5.41) is 6.14. The molecule has 0 atom stereocenters. The highest BCUT2D eigenvalue weighted by Gasteiger charge is 2.29. The zero-order chi connectivity index (χ0) is 14.1. The van der Waals surface area contributed by atoms with Crippen molar-refractivity contribution in [1.82, 2.24) is 10.5 Å². The zero-order valence-electron chi connectivity index (χ0n) is 10.5. The van der Waals surface area contributed by atoms with E-state index in [2.05, 4.69) is 10.5 Å². The van der Waals surface area contributed by atoms with Crippen molar-refractivity contribution in [1.29, 1.82) is 0 Å². The molecule has 2 amide bonds. The van der Waals surface area contributed by atoms with Gasteiger partial charge in [0.15, 0.2) is 11.6 Å². The number of nitrogens with two attached hydrogens (primary N) is 1. The minimum Gasteiger partial charge on any atom is -0.381 e. The Morgan fingerprint density at radius 2 is 2.10 bits per heavy atom. The number of anilines is 2. The lowest BCUT2D eigenvalue weighted by atomic mass is 10.1. The average Bonchev–Trinajstić information content (AvgIpc) is 2.88. The molecule has 2 aromatic rings. The van der Waals surface area contributed by atoms with Crippen LogP contribution in [-0.2, 0) is 9.59 Å². The molecule has 2 heterocycles. The molecule has 7 nitrogen and oxygen atoms in total. The number of piperazine rings is 1. The fourth-order valence-corrected chi connectivity index (χ4v) is 2.14. The van der Waals surface area contributed by atoms with Crippen molar-refractivity contribution in [3.05, 3.63) is 30.3 Å². The van der Waals surface area contributed by atoms with Crippen LogP contribution < -0.4 is 16.0 Å².